The van der Waals surface area contributed by atoms with Crippen molar-refractivity contribution in [3.8, 4) is 16.9 Å². The van der Waals surface area contributed by atoms with Crippen LogP contribution in [0.3, 0.4) is 0 Å². The van der Waals surface area contributed by atoms with E-state index < -0.39 is 34.3 Å². The van der Waals surface area contributed by atoms with E-state index in [-0.39, 0.29) is 28.3 Å². The van der Waals surface area contributed by atoms with Gasteiger partial charge in [0.2, 0.25) is 10.0 Å². The van der Waals surface area contributed by atoms with Crippen molar-refractivity contribution >= 4 is 26.8 Å². The van der Waals surface area contributed by atoms with E-state index in [0.29, 0.717) is 5.56 Å². The van der Waals surface area contributed by atoms with Gasteiger partial charge < -0.3 is 9.84 Å². The van der Waals surface area contributed by atoms with Crippen LogP contribution in [-0.2, 0) is 27.5 Å². The number of alkyl halides is 3. The Labute approximate surface area is 211 Å². The highest BCUT2D eigenvalue weighted by Gasteiger charge is 2.30. The first kappa shape index (κ1) is 26.2. The van der Waals surface area contributed by atoms with Crippen LogP contribution in [0.5, 0.6) is 5.75 Å². The smallest absolute Gasteiger partial charge is 0.416 e. The van der Waals surface area contributed by atoms with E-state index in [0.717, 1.165) is 27.2 Å². The van der Waals surface area contributed by atoms with Crippen molar-refractivity contribution in [3.63, 3.8) is 0 Å². The number of sulfonamides is 1. The van der Waals surface area contributed by atoms with Crippen LogP contribution in [0.15, 0.2) is 89.8 Å². The molecule has 4 rings (SSSR count). The van der Waals surface area contributed by atoms with E-state index in [1.165, 1.54) is 37.4 Å². The minimum absolute atomic E-state index is 0.0607. The molecule has 0 radical (unpaired) electrons. The van der Waals surface area contributed by atoms with Gasteiger partial charge in [-0.25, -0.2) is 13.2 Å². The first-order valence-corrected chi connectivity index (χ1v) is 12.5. The summed E-state index contributed by atoms with van der Waals surface area (Å²) in [5.41, 5.74) is -0.0454. The van der Waals surface area contributed by atoms with Gasteiger partial charge in [-0.05, 0) is 58.3 Å². The van der Waals surface area contributed by atoms with Gasteiger partial charge in [0.25, 0.3) is 0 Å². The van der Waals surface area contributed by atoms with E-state index in [9.17, 15) is 26.4 Å². The Hall–Kier alpha value is -3.89. The molecule has 0 atom stereocenters. The number of benzene rings is 4. The Morgan fingerprint density at radius 2 is 1.65 bits per heavy atom. The van der Waals surface area contributed by atoms with Crippen molar-refractivity contribution in [1.29, 1.82) is 0 Å². The molecule has 0 aliphatic heterocycles. The predicted molar refractivity (Wildman–Crippen MR) is 133 cm³/mol. The Kier molecular flexibility index (Phi) is 7.24. The van der Waals surface area contributed by atoms with Crippen LogP contribution in [0, 0.1) is 0 Å². The van der Waals surface area contributed by atoms with Crippen LogP contribution in [-0.4, -0.2) is 37.5 Å². The lowest BCUT2D eigenvalue weighted by atomic mass is 9.99. The number of fused-ring (bicyclic) bond motifs is 1. The lowest BCUT2D eigenvalue weighted by molar-refractivity contribution is -0.139. The molecule has 0 fully saturated rings. The van der Waals surface area contributed by atoms with Gasteiger partial charge in [-0.2, -0.15) is 17.5 Å². The highest BCUT2D eigenvalue weighted by atomic mass is 32.2. The number of hydrogen-bond acceptors (Lipinski definition) is 4. The minimum Gasteiger partial charge on any atom is -0.481 e. The molecule has 0 heterocycles. The van der Waals surface area contributed by atoms with E-state index in [4.69, 9.17) is 9.84 Å². The van der Waals surface area contributed by atoms with Gasteiger partial charge in [-0.15, -0.1) is 0 Å². The number of ether oxygens (including phenoxy) is 1. The first-order chi connectivity index (χ1) is 17.4. The molecule has 0 aromatic heterocycles. The summed E-state index contributed by atoms with van der Waals surface area (Å²) in [5, 5.41) is 10.6. The second kappa shape index (κ2) is 10.2. The molecule has 1 N–H and O–H groups in total. The van der Waals surface area contributed by atoms with Crippen molar-refractivity contribution in [2.75, 3.05) is 13.7 Å². The number of carboxylic acids is 1. The van der Waals surface area contributed by atoms with Crippen molar-refractivity contribution in [1.82, 2.24) is 4.31 Å². The third kappa shape index (κ3) is 5.92. The molecule has 0 unspecified atom stereocenters. The summed E-state index contributed by atoms with van der Waals surface area (Å²) in [6.07, 6.45) is -4.58. The van der Waals surface area contributed by atoms with Crippen LogP contribution in [0.25, 0.3) is 21.9 Å². The number of rotatable bonds is 8. The Morgan fingerprint density at radius 1 is 0.919 bits per heavy atom. The molecule has 4 aromatic rings. The third-order valence-electron chi connectivity index (χ3n) is 5.73. The largest absolute Gasteiger partial charge is 0.481 e. The summed E-state index contributed by atoms with van der Waals surface area (Å²) < 4.78 is 72.8. The summed E-state index contributed by atoms with van der Waals surface area (Å²) in [6.45, 7) is -0.776. The molecule has 10 heteroatoms. The van der Waals surface area contributed by atoms with Gasteiger partial charge >= 0.3 is 12.1 Å². The molecule has 0 saturated heterocycles. The number of carbonyl (C=O) groups is 1. The number of halogens is 3. The van der Waals surface area contributed by atoms with Crippen molar-refractivity contribution in [3.05, 3.63) is 96.1 Å². The van der Waals surface area contributed by atoms with Gasteiger partial charge in [0.15, 0.2) is 6.61 Å². The maximum Gasteiger partial charge on any atom is 0.416 e. The number of hydrogen-bond donors (Lipinski definition) is 1. The number of carboxylic acid groups (broad SMARTS) is 1. The zero-order valence-corrected chi connectivity index (χ0v) is 20.4. The topological polar surface area (TPSA) is 83.9 Å². The van der Waals surface area contributed by atoms with Crippen LogP contribution >= 0.6 is 0 Å². The Bertz CT molecular complexity index is 1570. The average molecular weight is 530 g/mol. The lowest BCUT2D eigenvalue weighted by Crippen LogP contribution is -2.26. The van der Waals surface area contributed by atoms with Gasteiger partial charge in [0.1, 0.15) is 5.75 Å². The fourth-order valence-electron chi connectivity index (χ4n) is 3.88. The third-order valence-corrected chi connectivity index (χ3v) is 7.53. The SMILES string of the molecule is CN(Cc1ccc(OCC(=O)O)c(-c2cccc(C(F)(F)F)c2)c1)S(=O)(=O)c1ccc2ccccc2c1. The summed E-state index contributed by atoms with van der Waals surface area (Å²) >= 11 is 0. The normalized spacial score (nSPS) is 12.1. The summed E-state index contributed by atoms with van der Waals surface area (Å²) in [7, 11) is -2.48. The Balaban J connectivity index is 1.68. The molecule has 192 valence electrons. The van der Waals surface area contributed by atoms with Crippen LogP contribution in [0.1, 0.15) is 11.1 Å². The molecule has 0 aliphatic carbocycles. The maximum atomic E-state index is 13.3. The van der Waals surface area contributed by atoms with Crippen LogP contribution < -0.4 is 4.74 Å². The zero-order valence-electron chi connectivity index (χ0n) is 19.6. The van der Waals surface area contributed by atoms with E-state index in [1.54, 1.807) is 18.2 Å². The highest BCUT2D eigenvalue weighted by Crippen LogP contribution is 2.36. The predicted octanol–water partition coefficient (Wildman–Crippen LogP) is 5.81. The van der Waals surface area contributed by atoms with Crippen LogP contribution in [0.2, 0.25) is 0 Å². The quantitative estimate of drug-likeness (QED) is 0.312. The monoisotopic (exact) mass is 529 g/mol. The van der Waals surface area contributed by atoms with Gasteiger partial charge in [0, 0.05) is 19.2 Å². The van der Waals surface area contributed by atoms with Gasteiger partial charge in [0.05, 0.1) is 10.5 Å². The molecule has 4 aromatic carbocycles. The summed E-state index contributed by atoms with van der Waals surface area (Å²) in [5.74, 6) is -1.19. The molecule has 0 saturated carbocycles. The molecule has 37 heavy (non-hydrogen) atoms. The molecule has 6 nitrogen and oxygen atoms in total. The van der Waals surface area contributed by atoms with Crippen molar-refractivity contribution in [2.45, 2.75) is 17.6 Å². The fraction of sp³-hybridized carbons (Fsp3) is 0.148. The van der Waals surface area contributed by atoms with E-state index in [1.807, 2.05) is 24.3 Å². The number of nitrogens with zero attached hydrogens (tertiary/aromatic N) is 1. The van der Waals surface area contributed by atoms with Gasteiger partial charge in [-0.1, -0.05) is 48.5 Å². The standard InChI is InChI=1S/C27H22F3NO5S/c1-31(37(34,35)23-11-10-19-5-2-3-6-20(19)15-23)16-18-9-12-25(36-17-26(32)33)24(13-18)21-7-4-8-22(14-21)27(28,29)30/h2-15H,16-17H2,1H3,(H,32,33). The highest BCUT2D eigenvalue weighted by molar-refractivity contribution is 7.89. The molecule has 0 bridgehead atoms. The van der Waals surface area contributed by atoms with Crippen LogP contribution in [0.4, 0.5) is 13.2 Å². The molecular weight excluding hydrogens is 507 g/mol. The minimum atomic E-state index is -4.58. The van der Waals surface area contributed by atoms with Crippen molar-refractivity contribution in [2.24, 2.45) is 0 Å². The maximum absolute atomic E-state index is 13.3. The lowest BCUT2D eigenvalue weighted by Gasteiger charge is -2.19. The average Bonchev–Trinajstić information content (AvgIpc) is 2.87. The second-order valence-electron chi connectivity index (χ2n) is 8.36. The fourth-order valence-corrected chi connectivity index (χ4v) is 5.07. The first-order valence-electron chi connectivity index (χ1n) is 11.1. The molecule has 0 spiro atoms. The molecule has 0 aliphatic rings. The van der Waals surface area contributed by atoms with E-state index in [2.05, 4.69) is 0 Å². The van der Waals surface area contributed by atoms with Crippen molar-refractivity contribution < 1.29 is 36.2 Å². The van der Waals surface area contributed by atoms with E-state index >= 15 is 0 Å². The Morgan fingerprint density at radius 3 is 2.35 bits per heavy atom. The van der Waals surface area contributed by atoms with Gasteiger partial charge in [-0.3, -0.25) is 0 Å². The molecule has 0 amide bonds. The molecular formula is C27H22F3NO5S. The number of aliphatic carboxylic acids is 1. The zero-order chi connectivity index (χ0) is 26.8. The summed E-state index contributed by atoms with van der Waals surface area (Å²) in [4.78, 5) is 11.1. The second-order valence-corrected chi connectivity index (χ2v) is 10.4. The summed E-state index contributed by atoms with van der Waals surface area (Å²) in [6, 6.07) is 21.2.